The van der Waals surface area contributed by atoms with Gasteiger partial charge in [-0.05, 0) is 30.6 Å². The lowest BCUT2D eigenvalue weighted by molar-refractivity contribution is -0.163. The summed E-state index contributed by atoms with van der Waals surface area (Å²) in [4.78, 5) is 23.7. The molecule has 2 atom stereocenters. The van der Waals surface area contributed by atoms with E-state index in [0.29, 0.717) is 6.42 Å². The minimum Gasteiger partial charge on any atom is -0.393 e. The summed E-state index contributed by atoms with van der Waals surface area (Å²) in [6.45, 7) is 12.5. The van der Waals surface area contributed by atoms with Crippen molar-refractivity contribution < 1.29 is 14.3 Å². The largest absolute Gasteiger partial charge is 0.393 e. The second-order valence-corrected chi connectivity index (χ2v) is 7.11. The molecule has 0 aromatic rings. The van der Waals surface area contributed by atoms with Gasteiger partial charge in [0.25, 0.3) is 0 Å². The Morgan fingerprint density at radius 1 is 1.15 bits per heavy atom. The van der Waals surface area contributed by atoms with Crippen LogP contribution in [0.25, 0.3) is 0 Å². The van der Waals surface area contributed by atoms with E-state index >= 15 is 0 Å². The van der Waals surface area contributed by atoms with E-state index in [4.69, 9.17) is 4.74 Å². The van der Waals surface area contributed by atoms with Gasteiger partial charge in [-0.1, -0.05) is 54.4 Å². The number of esters is 2. The van der Waals surface area contributed by atoms with Crippen LogP contribution < -0.4 is 0 Å². The Kier molecular flexibility index (Phi) is 8.75. The molecule has 0 rings (SSSR count). The summed E-state index contributed by atoms with van der Waals surface area (Å²) in [5, 5.41) is 0. The number of hydrogen-bond acceptors (Lipinski definition) is 3. The maximum atomic E-state index is 11.9. The molecule has 3 nitrogen and oxygen atoms in total. The molecule has 0 saturated carbocycles. The fourth-order valence-corrected chi connectivity index (χ4v) is 2.58. The molecule has 0 radical (unpaired) electrons. The maximum absolute atomic E-state index is 11.9. The van der Waals surface area contributed by atoms with Gasteiger partial charge in [0.2, 0.25) is 0 Å². The van der Waals surface area contributed by atoms with Gasteiger partial charge < -0.3 is 4.74 Å². The maximum Gasteiger partial charge on any atom is 0.316 e. The van der Waals surface area contributed by atoms with Crippen molar-refractivity contribution in [3.05, 3.63) is 0 Å². The predicted octanol–water partition coefficient (Wildman–Crippen LogP) is 4.74. The Bertz CT molecular complexity index is 302. The molecule has 2 unspecified atom stereocenters. The summed E-state index contributed by atoms with van der Waals surface area (Å²) < 4.78 is 5.01. The van der Waals surface area contributed by atoms with Gasteiger partial charge in [0.1, 0.15) is 0 Å². The lowest BCUT2D eigenvalue weighted by atomic mass is 9.84. The Labute approximate surface area is 124 Å². The van der Waals surface area contributed by atoms with E-state index in [1.807, 2.05) is 13.8 Å². The molecule has 0 aliphatic heterocycles. The lowest BCUT2D eigenvalue weighted by Crippen LogP contribution is -2.23. The van der Waals surface area contributed by atoms with E-state index in [2.05, 4.69) is 27.7 Å². The zero-order valence-corrected chi connectivity index (χ0v) is 14.1. The topological polar surface area (TPSA) is 43.4 Å². The molecule has 0 spiro atoms. The van der Waals surface area contributed by atoms with Crippen LogP contribution in [0.5, 0.6) is 0 Å². The molecule has 0 aliphatic carbocycles. The molecule has 0 aromatic heterocycles. The molecule has 0 amide bonds. The normalized spacial score (nSPS) is 14.7. The van der Waals surface area contributed by atoms with E-state index in [0.717, 1.165) is 32.1 Å². The fraction of sp³-hybridized carbons (Fsp3) is 0.882. The minimum absolute atomic E-state index is 0.128. The summed E-state index contributed by atoms with van der Waals surface area (Å²) in [5.41, 5.74) is 0.191. The van der Waals surface area contributed by atoms with E-state index in [9.17, 15) is 9.59 Å². The lowest BCUT2D eigenvalue weighted by Gasteiger charge is -2.22. The Balaban J connectivity index is 4.21. The van der Waals surface area contributed by atoms with E-state index in [-0.39, 0.29) is 29.2 Å². The van der Waals surface area contributed by atoms with Gasteiger partial charge in [0.15, 0.2) is 0 Å². The van der Waals surface area contributed by atoms with Crippen LogP contribution in [0.1, 0.15) is 80.1 Å². The highest BCUT2D eigenvalue weighted by Crippen LogP contribution is 2.26. The Morgan fingerprint density at radius 2 is 1.75 bits per heavy atom. The summed E-state index contributed by atoms with van der Waals surface area (Å²) in [6, 6.07) is 0. The van der Waals surface area contributed by atoms with Crippen molar-refractivity contribution in [3.63, 3.8) is 0 Å². The van der Waals surface area contributed by atoms with Crippen molar-refractivity contribution in [2.75, 3.05) is 0 Å². The standard InChI is InChI=1S/C17H32O3/c1-7-9-10-14(8-2)16(19)20-15(18)11-13(3)12-17(4,5)6/h13-14H,7-12H2,1-6H3. The third kappa shape index (κ3) is 9.11. The molecule has 0 aromatic carbocycles. The molecule has 3 heteroatoms. The van der Waals surface area contributed by atoms with Crippen LogP contribution in [0, 0.1) is 17.3 Å². The van der Waals surface area contributed by atoms with E-state index < -0.39 is 0 Å². The first-order chi connectivity index (χ1) is 9.19. The molecular formula is C17H32O3. The summed E-state index contributed by atoms with van der Waals surface area (Å²) in [5.74, 6) is -0.599. The Hall–Kier alpha value is -0.860. The summed E-state index contributed by atoms with van der Waals surface area (Å²) >= 11 is 0. The van der Waals surface area contributed by atoms with Gasteiger partial charge in [-0.2, -0.15) is 0 Å². The van der Waals surface area contributed by atoms with Crippen LogP contribution >= 0.6 is 0 Å². The number of rotatable bonds is 8. The van der Waals surface area contributed by atoms with Crippen LogP contribution in [0.2, 0.25) is 0 Å². The van der Waals surface area contributed by atoms with Crippen LogP contribution in [-0.2, 0) is 14.3 Å². The molecule has 0 heterocycles. The minimum atomic E-state index is -0.373. The highest BCUT2D eigenvalue weighted by atomic mass is 16.6. The number of carbonyl (C=O) groups is 2. The summed E-state index contributed by atoms with van der Waals surface area (Å²) in [6.07, 6.45) is 4.89. The van der Waals surface area contributed by atoms with Crippen molar-refractivity contribution in [1.82, 2.24) is 0 Å². The first-order valence-corrected chi connectivity index (χ1v) is 7.94. The predicted molar refractivity (Wildman–Crippen MR) is 82.3 cm³/mol. The molecule has 0 aliphatic rings. The van der Waals surface area contributed by atoms with Crippen molar-refractivity contribution in [3.8, 4) is 0 Å². The van der Waals surface area contributed by atoms with Gasteiger partial charge in [0, 0.05) is 6.42 Å². The highest BCUT2D eigenvalue weighted by Gasteiger charge is 2.23. The van der Waals surface area contributed by atoms with E-state index in [1.54, 1.807) is 0 Å². The van der Waals surface area contributed by atoms with Crippen molar-refractivity contribution in [2.45, 2.75) is 80.1 Å². The molecule has 118 valence electrons. The number of hydrogen-bond donors (Lipinski definition) is 0. The zero-order valence-electron chi connectivity index (χ0n) is 14.1. The van der Waals surface area contributed by atoms with Crippen LogP contribution in [0.15, 0.2) is 0 Å². The second-order valence-electron chi connectivity index (χ2n) is 7.11. The molecule has 0 bridgehead atoms. The SMILES string of the molecule is CCCCC(CC)C(=O)OC(=O)CC(C)CC(C)(C)C. The molecule has 0 fully saturated rings. The molecule has 0 saturated heterocycles. The van der Waals surface area contributed by atoms with Gasteiger partial charge in [-0.25, -0.2) is 0 Å². The second kappa shape index (κ2) is 9.15. The van der Waals surface area contributed by atoms with Crippen LogP contribution in [0.4, 0.5) is 0 Å². The van der Waals surface area contributed by atoms with Gasteiger partial charge in [0.05, 0.1) is 5.92 Å². The monoisotopic (exact) mass is 284 g/mol. The van der Waals surface area contributed by atoms with Gasteiger partial charge >= 0.3 is 11.9 Å². The quantitative estimate of drug-likeness (QED) is 0.478. The fourth-order valence-electron chi connectivity index (χ4n) is 2.58. The van der Waals surface area contributed by atoms with E-state index in [1.165, 1.54) is 0 Å². The number of unbranched alkanes of at least 4 members (excludes halogenated alkanes) is 1. The molecule has 20 heavy (non-hydrogen) atoms. The smallest absolute Gasteiger partial charge is 0.316 e. The average Bonchev–Trinajstić information content (AvgIpc) is 2.26. The third-order valence-corrected chi connectivity index (χ3v) is 3.42. The first kappa shape index (κ1) is 19.1. The van der Waals surface area contributed by atoms with Crippen molar-refractivity contribution >= 4 is 11.9 Å². The molecule has 0 N–H and O–H groups in total. The zero-order chi connectivity index (χ0) is 15.8. The van der Waals surface area contributed by atoms with Gasteiger partial charge in [-0.3, -0.25) is 9.59 Å². The van der Waals surface area contributed by atoms with Gasteiger partial charge in [-0.15, -0.1) is 0 Å². The molecular weight excluding hydrogens is 252 g/mol. The first-order valence-electron chi connectivity index (χ1n) is 7.94. The Morgan fingerprint density at radius 3 is 2.20 bits per heavy atom. The average molecular weight is 284 g/mol. The number of carbonyl (C=O) groups excluding carboxylic acids is 2. The third-order valence-electron chi connectivity index (χ3n) is 3.42. The van der Waals surface area contributed by atoms with Crippen LogP contribution in [0.3, 0.4) is 0 Å². The van der Waals surface area contributed by atoms with Crippen LogP contribution in [-0.4, -0.2) is 11.9 Å². The van der Waals surface area contributed by atoms with Crippen molar-refractivity contribution in [2.24, 2.45) is 17.3 Å². The number of ether oxygens (including phenoxy) is 1. The summed E-state index contributed by atoms with van der Waals surface area (Å²) in [7, 11) is 0. The highest BCUT2D eigenvalue weighted by molar-refractivity contribution is 5.86. The van der Waals surface area contributed by atoms with Crippen molar-refractivity contribution in [1.29, 1.82) is 0 Å².